The van der Waals surface area contributed by atoms with E-state index in [0.717, 1.165) is 17.9 Å². The van der Waals surface area contributed by atoms with Crippen molar-refractivity contribution in [1.82, 2.24) is 0 Å². The molecule has 0 amide bonds. The first-order valence-corrected chi connectivity index (χ1v) is 8.74. The Morgan fingerprint density at radius 3 is 2.38 bits per heavy atom. The summed E-state index contributed by atoms with van der Waals surface area (Å²) in [5.41, 5.74) is 9.23. The molecule has 3 aromatic carbocycles. The first kappa shape index (κ1) is 15.2. The van der Waals surface area contributed by atoms with E-state index < -0.39 is 0 Å². The minimum atomic E-state index is 0.815. The van der Waals surface area contributed by atoms with Crippen LogP contribution in [0.5, 0.6) is 0 Å². The molecule has 0 unspecified atom stereocenters. The Bertz CT molecular complexity index is 934. The molecule has 24 heavy (non-hydrogen) atoms. The van der Waals surface area contributed by atoms with Crippen molar-refractivity contribution in [2.75, 3.05) is 0 Å². The summed E-state index contributed by atoms with van der Waals surface area (Å²) in [5, 5.41) is 0.815. The number of hydrogen-bond donors (Lipinski definition) is 0. The van der Waals surface area contributed by atoms with Gasteiger partial charge in [-0.1, -0.05) is 66.2 Å². The highest BCUT2D eigenvalue weighted by Crippen LogP contribution is 2.36. The maximum absolute atomic E-state index is 6.25. The van der Waals surface area contributed by atoms with Crippen molar-refractivity contribution < 1.29 is 0 Å². The largest absolute Gasteiger partial charge is 0.0843 e. The number of fused-ring (bicyclic) bond motifs is 2. The van der Waals surface area contributed by atoms with Gasteiger partial charge in [0.25, 0.3) is 0 Å². The number of aryl methyl sites for hydroxylation is 3. The minimum absolute atomic E-state index is 0.815. The molecule has 0 aromatic heterocycles. The standard InChI is InChI=1S/C23H19Cl/c1-16-6-2-3-8-18(16)15-23-21-9-5-4-7-17(21)10-11-19-14-20(24)12-13-22(19)23/h2-9,12-15H,10-11H2,1H3/b23-15-. The van der Waals surface area contributed by atoms with Gasteiger partial charge in [0.2, 0.25) is 0 Å². The van der Waals surface area contributed by atoms with Crippen LogP contribution in [-0.4, -0.2) is 0 Å². The van der Waals surface area contributed by atoms with Crippen molar-refractivity contribution in [3.05, 3.63) is 105 Å². The van der Waals surface area contributed by atoms with Crippen molar-refractivity contribution in [3.63, 3.8) is 0 Å². The van der Waals surface area contributed by atoms with E-state index in [9.17, 15) is 0 Å². The van der Waals surface area contributed by atoms with Gasteiger partial charge in [-0.3, -0.25) is 0 Å². The van der Waals surface area contributed by atoms with Crippen LogP contribution in [0.4, 0.5) is 0 Å². The lowest BCUT2D eigenvalue weighted by Crippen LogP contribution is -1.93. The Kier molecular flexibility index (Phi) is 4.00. The number of benzene rings is 3. The molecule has 1 heteroatoms. The first-order chi connectivity index (χ1) is 11.7. The van der Waals surface area contributed by atoms with Gasteiger partial charge >= 0.3 is 0 Å². The van der Waals surface area contributed by atoms with Crippen LogP contribution in [0.1, 0.15) is 33.4 Å². The zero-order valence-electron chi connectivity index (χ0n) is 13.7. The Hall–Kier alpha value is -2.31. The fraction of sp³-hybridized carbons (Fsp3) is 0.130. The van der Waals surface area contributed by atoms with E-state index in [1.165, 1.54) is 39.0 Å². The van der Waals surface area contributed by atoms with Gasteiger partial charge in [-0.15, -0.1) is 0 Å². The Balaban J connectivity index is 1.99. The molecule has 0 bridgehead atoms. The predicted molar refractivity (Wildman–Crippen MR) is 103 cm³/mol. The molecule has 0 saturated carbocycles. The Morgan fingerprint density at radius 1 is 0.792 bits per heavy atom. The highest BCUT2D eigenvalue weighted by Gasteiger charge is 2.18. The van der Waals surface area contributed by atoms with E-state index in [2.05, 4.69) is 73.7 Å². The highest BCUT2D eigenvalue weighted by molar-refractivity contribution is 6.30. The molecule has 3 aromatic rings. The molecular formula is C23H19Cl. The van der Waals surface area contributed by atoms with Gasteiger partial charge in [0, 0.05) is 5.02 Å². The summed E-state index contributed by atoms with van der Waals surface area (Å²) in [4.78, 5) is 0. The van der Waals surface area contributed by atoms with Gasteiger partial charge in [-0.2, -0.15) is 0 Å². The molecule has 0 fully saturated rings. The van der Waals surface area contributed by atoms with Crippen LogP contribution >= 0.6 is 11.6 Å². The summed E-state index contributed by atoms with van der Waals surface area (Å²) in [6, 6.07) is 23.6. The van der Waals surface area contributed by atoms with Gasteiger partial charge in [-0.25, -0.2) is 0 Å². The molecule has 118 valence electrons. The molecule has 0 atom stereocenters. The molecule has 0 nitrogen and oxygen atoms in total. The minimum Gasteiger partial charge on any atom is -0.0843 e. The molecule has 1 aliphatic rings. The first-order valence-electron chi connectivity index (χ1n) is 8.37. The van der Waals surface area contributed by atoms with Crippen LogP contribution in [-0.2, 0) is 12.8 Å². The van der Waals surface area contributed by atoms with E-state index in [0.29, 0.717) is 0 Å². The number of rotatable bonds is 1. The van der Waals surface area contributed by atoms with Crippen LogP contribution in [0.25, 0.3) is 11.6 Å². The van der Waals surface area contributed by atoms with E-state index in [4.69, 9.17) is 11.6 Å². The van der Waals surface area contributed by atoms with Crippen LogP contribution in [0.3, 0.4) is 0 Å². The van der Waals surface area contributed by atoms with Gasteiger partial charge in [0.05, 0.1) is 0 Å². The fourth-order valence-corrected chi connectivity index (χ4v) is 3.70. The maximum atomic E-state index is 6.25. The summed E-state index contributed by atoms with van der Waals surface area (Å²) in [7, 11) is 0. The van der Waals surface area contributed by atoms with Crippen molar-refractivity contribution in [2.45, 2.75) is 19.8 Å². The monoisotopic (exact) mass is 330 g/mol. The molecule has 0 aliphatic heterocycles. The molecule has 0 spiro atoms. The zero-order valence-corrected chi connectivity index (χ0v) is 14.5. The fourth-order valence-electron chi connectivity index (χ4n) is 3.51. The topological polar surface area (TPSA) is 0 Å². The second-order valence-electron chi connectivity index (χ2n) is 6.37. The average Bonchev–Trinajstić information content (AvgIpc) is 2.74. The molecule has 0 N–H and O–H groups in total. The molecule has 0 heterocycles. The normalized spacial score (nSPS) is 14.8. The summed E-state index contributed by atoms with van der Waals surface area (Å²) in [5.74, 6) is 0. The van der Waals surface area contributed by atoms with Crippen LogP contribution in [0, 0.1) is 6.92 Å². The van der Waals surface area contributed by atoms with E-state index in [1.807, 2.05) is 6.07 Å². The van der Waals surface area contributed by atoms with Crippen LogP contribution < -0.4 is 0 Å². The summed E-state index contributed by atoms with van der Waals surface area (Å²) in [6.45, 7) is 2.16. The third-order valence-electron chi connectivity index (χ3n) is 4.82. The SMILES string of the molecule is Cc1ccccc1/C=C1/c2ccccc2CCc2cc(Cl)ccc21. The number of halogens is 1. The smallest absolute Gasteiger partial charge is 0.0409 e. The second-order valence-corrected chi connectivity index (χ2v) is 6.81. The predicted octanol–water partition coefficient (Wildman–Crippen LogP) is 6.34. The molecule has 1 aliphatic carbocycles. The quantitative estimate of drug-likeness (QED) is 0.488. The zero-order chi connectivity index (χ0) is 16.5. The van der Waals surface area contributed by atoms with Crippen molar-refractivity contribution >= 4 is 23.3 Å². The lowest BCUT2D eigenvalue weighted by atomic mass is 9.91. The molecule has 0 saturated heterocycles. The van der Waals surface area contributed by atoms with Crippen molar-refractivity contribution in [2.24, 2.45) is 0 Å². The lowest BCUT2D eigenvalue weighted by Gasteiger charge is -2.13. The van der Waals surface area contributed by atoms with Gasteiger partial charge in [0.15, 0.2) is 0 Å². The summed E-state index contributed by atoms with van der Waals surface area (Å²) in [6.07, 6.45) is 4.40. The average molecular weight is 331 g/mol. The van der Waals surface area contributed by atoms with Crippen LogP contribution in [0.15, 0.2) is 66.7 Å². The van der Waals surface area contributed by atoms with Crippen LogP contribution in [0.2, 0.25) is 5.02 Å². The lowest BCUT2D eigenvalue weighted by molar-refractivity contribution is 0.965. The molecule has 0 radical (unpaired) electrons. The Labute approximate surface area is 148 Å². The molecule has 4 rings (SSSR count). The number of hydrogen-bond acceptors (Lipinski definition) is 0. The maximum Gasteiger partial charge on any atom is 0.0409 e. The van der Waals surface area contributed by atoms with E-state index >= 15 is 0 Å². The van der Waals surface area contributed by atoms with Gasteiger partial charge in [-0.05, 0) is 76.9 Å². The molecular weight excluding hydrogens is 312 g/mol. The third-order valence-corrected chi connectivity index (χ3v) is 5.05. The highest BCUT2D eigenvalue weighted by atomic mass is 35.5. The van der Waals surface area contributed by atoms with Gasteiger partial charge < -0.3 is 0 Å². The van der Waals surface area contributed by atoms with Gasteiger partial charge in [0.1, 0.15) is 0 Å². The summed E-state index contributed by atoms with van der Waals surface area (Å²) >= 11 is 6.25. The summed E-state index contributed by atoms with van der Waals surface area (Å²) < 4.78 is 0. The third kappa shape index (κ3) is 2.79. The second kappa shape index (κ2) is 6.30. The van der Waals surface area contributed by atoms with Crippen molar-refractivity contribution in [1.29, 1.82) is 0 Å². The van der Waals surface area contributed by atoms with E-state index in [-0.39, 0.29) is 0 Å². The Morgan fingerprint density at radius 2 is 1.50 bits per heavy atom. The van der Waals surface area contributed by atoms with Crippen molar-refractivity contribution in [3.8, 4) is 0 Å². The van der Waals surface area contributed by atoms with E-state index in [1.54, 1.807) is 0 Å².